The zero-order valence-electron chi connectivity index (χ0n) is 28.5. The summed E-state index contributed by atoms with van der Waals surface area (Å²) in [5.74, 6) is 0.841. The molecule has 5 heteroatoms. The van der Waals surface area contributed by atoms with Crippen LogP contribution >= 0.6 is 0 Å². The summed E-state index contributed by atoms with van der Waals surface area (Å²) in [6, 6.07) is 59.4. The zero-order valence-corrected chi connectivity index (χ0v) is 28.5. The van der Waals surface area contributed by atoms with Crippen LogP contribution in [0.15, 0.2) is 176 Å². The molecule has 0 atom stereocenters. The van der Waals surface area contributed by atoms with E-state index >= 15 is 0 Å². The van der Waals surface area contributed by atoms with Crippen LogP contribution in [0.4, 0.5) is 0 Å². The van der Waals surface area contributed by atoms with Gasteiger partial charge in [0, 0.05) is 55.2 Å². The zero-order chi connectivity index (χ0) is 34.9. The third-order valence-corrected chi connectivity index (χ3v) is 10.4. The number of fused-ring (bicyclic) bond motifs is 8. The first-order valence-electron chi connectivity index (χ1n) is 17.8. The van der Waals surface area contributed by atoms with E-state index in [0.717, 1.165) is 105 Å². The Labute approximate surface area is 304 Å². The highest BCUT2D eigenvalue weighted by Gasteiger charge is 2.20. The Hall–Kier alpha value is -7.24. The minimum atomic E-state index is 0.841. The van der Waals surface area contributed by atoms with Gasteiger partial charge in [-0.15, -0.1) is 0 Å². The number of pyridine rings is 4. The first kappa shape index (κ1) is 29.5. The average molecular weight is 676 g/mol. The average Bonchev–Trinajstić information content (AvgIpc) is 3.56. The Balaban J connectivity index is 1.16. The van der Waals surface area contributed by atoms with Crippen LogP contribution in [-0.2, 0) is 0 Å². The lowest BCUT2D eigenvalue weighted by Gasteiger charge is -2.13. The maximum atomic E-state index is 5.16. The topological polar surface area (TPSA) is 56.5 Å². The number of rotatable bonds is 4. The molecule has 5 nitrogen and oxygen atoms in total. The molecule has 0 saturated carbocycles. The molecule has 0 amide bonds. The van der Waals surface area contributed by atoms with Gasteiger partial charge >= 0.3 is 0 Å². The normalized spacial score (nSPS) is 11.8. The van der Waals surface area contributed by atoms with Gasteiger partial charge in [0.05, 0.1) is 44.7 Å². The summed E-state index contributed by atoms with van der Waals surface area (Å²) >= 11 is 0. The molecule has 0 radical (unpaired) electrons. The van der Waals surface area contributed by atoms with E-state index in [1.54, 1.807) is 0 Å². The maximum Gasteiger partial charge on any atom is 0.137 e. The van der Waals surface area contributed by atoms with Crippen molar-refractivity contribution in [2.45, 2.75) is 0 Å². The smallest absolute Gasteiger partial charge is 0.137 e. The summed E-state index contributed by atoms with van der Waals surface area (Å²) in [4.78, 5) is 20.3. The summed E-state index contributed by atoms with van der Waals surface area (Å²) in [6.07, 6.45) is 1.94. The maximum absolute atomic E-state index is 5.16. The molecule has 53 heavy (non-hydrogen) atoms. The summed E-state index contributed by atoms with van der Waals surface area (Å²) < 4.78 is 2.31. The van der Waals surface area contributed by atoms with Gasteiger partial charge in [-0.2, -0.15) is 0 Å². The Morgan fingerprint density at radius 3 is 1.57 bits per heavy atom. The van der Waals surface area contributed by atoms with E-state index in [0.29, 0.717) is 0 Å². The lowest BCUT2D eigenvalue weighted by atomic mass is 9.97. The van der Waals surface area contributed by atoms with Crippen molar-refractivity contribution in [2.24, 2.45) is 0 Å². The first-order valence-corrected chi connectivity index (χ1v) is 17.8. The predicted octanol–water partition coefficient (Wildman–Crippen LogP) is 12.0. The number of nitrogens with zero attached hydrogens (tertiary/aromatic N) is 5. The van der Waals surface area contributed by atoms with Crippen LogP contribution in [0.1, 0.15) is 0 Å². The van der Waals surface area contributed by atoms with Crippen molar-refractivity contribution < 1.29 is 0 Å². The Bertz CT molecular complexity index is 3230. The lowest BCUT2D eigenvalue weighted by molar-refractivity contribution is 1.08. The molecule has 0 aliphatic heterocycles. The van der Waals surface area contributed by atoms with Crippen LogP contribution in [0.3, 0.4) is 0 Å². The molecule has 11 rings (SSSR count). The molecule has 11 aromatic rings. The highest BCUT2D eigenvalue weighted by atomic mass is 15.1. The van der Waals surface area contributed by atoms with Gasteiger partial charge in [-0.05, 0) is 72.1 Å². The minimum Gasteiger partial charge on any atom is -0.293 e. The molecule has 0 fully saturated rings. The standard InChI is InChI=1S/C48H29N5/c1-6-14-40-30(9-1)17-22-43(50-40)33-20-25-46-38(27-33)39-28-37(45-24-19-32-11-3-8-16-42(32)52-45)35-12-4-5-13-36(35)48(39)53(46)47-26-21-34(29-49-47)44-23-18-31-10-2-7-15-41(31)51-44/h1-29H. The number of para-hydroxylation sites is 3. The first-order chi connectivity index (χ1) is 26.2. The molecule has 5 aromatic heterocycles. The van der Waals surface area contributed by atoms with E-state index in [1.165, 1.54) is 0 Å². The Kier molecular flexibility index (Phi) is 6.48. The van der Waals surface area contributed by atoms with Gasteiger partial charge in [-0.25, -0.2) is 19.9 Å². The van der Waals surface area contributed by atoms with E-state index in [2.05, 4.69) is 144 Å². The summed E-state index contributed by atoms with van der Waals surface area (Å²) in [5.41, 5.74) is 11.0. The molecular weight excluding hydrogens is 647 g/mol. The number of hydrogen-bond donors (Lipinski definition) is 0. The summed E-state index contributed by atoms with van der Waals surface area (Å²) in [6.45, 7) is 0. The van der Waals surface area contributed by atoms with Crippen molar-refractivity contribution in [2.75, 3.05) is 0 Å². The van der Waals surface area contributed by atoms with Crippen LogP contribution in [0.25, 0.3) is 105 Å². The van der Waals surface area contributed by atoms with Crippen molar-refractivity contribution in [3.8, 4) is 39.6 Å². The lowest BCUT2D eigenvalue weighted by Crippen LogP contribution is -1.98. The van der Waals surface area contributed by atoms with E-state index in [1.807, 2.05) is 36.5 Å². The molecule has 0 bridgehead atoms. The number of hydrogen-bond acceptors (Lipinski definition) is 4. The molecule has 246 valence electrons. The second-order valence-electron chi connectivity index (χ2n) is 13.5. The molecule has 5 heterocycles. The van der Waals surface area contributed by atoms with Crippen molar-refractivity contribution in [3.63, 3.8) is 0 Å². The van der Waals surface area contributed by atoms with Gasteiger partial charge < -0.3 is 0 Å². The SMILES string of the molecule is c1ccc2nc(-c3ccc(-n4c5ccc(-c6ccc7ccccc7n6)cc5c5cc(-c6ccc7ccccc7n6)c6ccccc6c54)nc3)ccc2c1. The second-order valence-corrected chi connectivity index (χ2v) is 13.5. The minimum absolute atomic E-state index is 0.841. The molecule has 0 saturated heterocycles. The number of aromatic nitrogens is 5. The van der Waals surface area contributed by atoms with Crippen LogP contribution in [-0.4, -0.2) is 24.5 Å². The summed E-state index contributed by atoms with van der Waals surface area (Å²) in [5, 5.41) is 7.91. The van der Waals surface area contributed by atoms with E-state index in [9.17, 15) is 0 Å². The van der Waals surface area contributed by atoms with Crippen LogP contribution in [0.5, 0.6) is 0 Å². The fraction of sp³-hybridized carbons (Fsp3) is 0. The van der Waals surface area contributed by atoms with Gasteiger partial charge in [0.15, 0.2) is 0 Å². The highest BCUT2D eigenvalue weighted by Crippen LogP contribution is 2.42. The number of benzene rings is 6. The van der Waals surface area contributed by atoms with E-state index in [4.69, 9.17) is 19.9 Å². The van der Waals surface area contributed by atoms with Gasteiger partial charge in [-0.1, -0.05) is 103 Å². The molecule has 0 spiro atoms. The van der Waals surface area contributed by atoms with Gasteiger partial charge in [0.1, 0.15) is 5.82 Å². The van der Waals surface area contributed by atoms with Gasteiger partial charge in [0.2, 0.25) is 0 Å². The molecule has 0 N–H and O–H groups in total. The van der Waals surface area contributed by atoms with E-state index < -0.39 is 0 Å². The Morgan fingerprint density at radius 1 is 0.377 bits per heavy atom. The van der Waals surface area contributed by atoms with Crippen LogP contribution < -0.4 is 0 Å². The van der Waals surface area contributed by atoms with Crippen molar-refractivity contribution >= 4 is 65.3 Å². The monoisotopic (exact) mass is 675 g/mol. The van der Waals surface area contributed by atoms with Gasteiger partial charge in [-0.3, -0.25) is 4.57 Å². The van der Waals surface area contributed by atoms with Crippen molar-refractivity contribution in [3.05, 3.63) is 176 Å². The molecule has 6 aromatic carbocycles. The molecule has 0 unspecified atom stereocenters. The van der Waals surface area contributed by atoms with Crippen LogP contribution in [0, 0.1) is 0 Å². The van der Waals surface area contributed by atoms with Crippen molar-refractivity contribution in [1.82, 2.24) is 24.5 Å². The molecular formula is C48H29N5. The van der Waals surface area contributed by atoms with Gasteiger partial charge in [0.25, 0.3) is 0 Å². The van der Waals surface area contributed by atoms with E-state index in [-0.39, 0.29) is 0 Å². The fourth-order valence-electron chi connectivity index (χ4n) is 7.82. The highest BCUT2D eigenvalue weighted by molar-refractivity contribution is 6.22. The van der Waals surface area contributed by atoms with Crippen molar-refractivity contribution in [1.29, 1.82) is 0 Å². The second kappa shape index (κ2) is 11.7. The fourth-order valence-corrected chi connectivity index (χ4v) is 7.82. The third-order valence-electron chi connectivity index (χ3n) is 10.4. The Morgan fingerprint density at radius 2 is 0.925 bits per heavy atom. The largest absolute Gasteiger partial charge is 0.293 e. The molecule has 0 aliphatic carbocycles. The third kappa shape index (κ3) is 4.79. The predicted molar refractivity (Wildman–Crippen MR) is 218 cm³/mol. The summed E-state index contributed by atoms with van der Waals surface area (Å²) in [7, 11) is 0. The quantitative estimate of drug-likeness (QED) is 0.186. The molecule has 0 aliphatic rings. The van der Waals surface area contributed by atoms with Crippen LogP contribution in [0.2, 0.25) is 0 Å².